The maximum atomic E-state index is 12.6. The summed E-state index contributed by atoms with van der Waals surface area (Å²) in [6.07, 6.45) is 16.1. The summed E-state index contributed by atoms with van der Waals surface area (Å²) in [5.41, 5.74) is -0.231. The van der Waals surface area contributed by atoms with Crippen molar-refractivity contribution in [1.29, 1.82) is 0 Å². The fourth-order valence-electron chi connectivity index (χ4n) is 6.40. The molecule has 6 atom stereocenters. The van der Waals surface area contributed by atoms with Crippen LogP contribution in [0.4, 0.5) is 0 Å². The number of carbonyl (C=O) groups excluding carboxylic acids is 2. The van der Waals surface area contributed by atoms with E-state index in [0.29, 0.717) is 12.8 Å². The second-order valence-corrected chi connectivity index (χ2v) is 8.94. The van der Waals surface area contributed by atoms with Crippen molar-refractivity contribution in [2.24, 2.45) is 28.6 Å². The largest absolute Gasteiger partial charge is 0.388 e. The van der Waals surface area contributed by atoms with E-state index in [0.717, 1.165) is 18.4 Å². The van der Waals surface area contributed by atoms with Gasteiger partial charge in [-0.15, -0.1) is 6.42 Å². The fraction of sp³-hybridized carbons (Fsp3) is 0.565. The Kier molecular flexibility index (Phi) is 3.93. The maximum absolute atomic E-state index is 12.6. The van der Waals surface area contributed by atoms with Gasteiger partial charge in [-0.25, -0.2) is 0 Å². The summed E-state index contributed by atoms with van der Waals surface area (Å²) in [5, 5.41) is 20.9. The topological polar surface area (TPSA) is 74.6 Å². The van der Waals surface area contributed by atoms with Crippen LogP contribution in [-0.2, 0) is 9.59 Å². The van der Waals surface area contributed by atoms with Gasteiger partial charge in [-0.1, -0.05) is 36.1 Å². The van der Waals surface area contributed by atoms with E-state index in [9.17, 15) is 19.8 Å². The smallest absolute Gasteiger partial charge is 0.191 e. The minimum atomic E-state index is -1.70. The molecule has 2 fully saturated rings. The SMILES string of the molecule is C#C[C@@H]1CC2[C@@H]3CCC4=CC(=O)C=C[C@]4(C)C3=CC[C@]2(C)[C@@]1(O)C(=O)CO. The third-order valence-corrected chi connectivity index (χ3v) is 7.97. The van der Waals surface area contributed by atoms with E-state index in [-0.39, 0.29) is 23.0 Å². The predicted octanol–water partition coefficient (Wildman–Crippen LogP) is 2.37. The predicted molar refractivity (Wildman–Crippen MR) is 101 cm³/mol. The van der Waals surface area contributed by atoms with E-state index in [1.54, 1.807) is 12.2 Å². The number of ketones is 2. The molecule has 0 bridgehead atoms. The average molecular weight is 366 g/mol. The highest BCUT2D eigenvalue weighted by molar-refractivity contribution is 6.01. The molecule has 0 aromatic rings. The van der Waals surface area contributed by atoms with Gasteiger partial charge in [0, 0.05) is 10.8 Å². The van der Waals surface area contributed by atoms with Crippen LogP contribution in [0.25, 0.3) is 0 Å². The molecule has 4 aliphatic rings. The second-order valence-electron chi connectivity index (χ2n) is 8.94. The summed E-state index contributed by atoms with van der Waals surface area (Å²) in [6.45, 7) is 3.40. The molecule has 4 rings (SSSR count). The molecule has 0 aromatic heterocycles. The van der Waals surface area contributed by atoms with Crippen molar-refractivity contribution in [3.63, 3.8) is 0 Å². The molecule has 1 unspecified atom stereocenters. The van der Waals surface area contributed by atoms with Crippen molar-refractivity contribution in [2.45, 2.75) is 45.1 Å². The molecule has 142 valence electrons. The van der Waals surface area contributed by atoms with Crippen LogP contribution in [-0.4, -0.2) is 34.0 Å². The van der Waals surface area contributed by atoms with E-state index in [1.807, 2.05) is 13.0 Å². The summed E-state index contributed by atoms with van der Waals surface area (Å²) in [5.74, 6) is 1.80. The first-order chi connectivity index (χ1) is 12.7. The van der Waals surface area contributed by atoms with E-state index < -0.39 is 29.3 Å². The fourth-order valence-corrected chi connectivity index (χ4v) is 6.40. The number of aliphatic hydroxyl groups excluding tert-OH is 1. The van der Waals surface area contributed by atoms with E-state index in [1.165, 1.54) is 5.57 Å². The van der Waals surface area contributed by atoms with Crippen molar-refractivity contribution < 1.29 is 19.8 Å². The molecule has 0 saturated heterocycles. The number of fused-ring (bicyclic) bond motifs is 5. The van der Waals surface area contributed by atoms with Gasteiger partial charge >= 0.3 is 0 Å². The number of carbonyl (C=O) groups is 2. The Morgan fingerprint density at radius 3 is 2.81 bits per heavy atom. The van der Waals surface area contributed by atoms with Gasteiger partial charge < -0.3 is 10.2 Å². The van der Waals surface area contributed by atoms with Crippen LogP contribution < -0.4 is 0 Å². The molecule has 4 heteroatoms. The second kappa shape index (κ2) is 5.77. The summed E-state index contributed by atoms with van der Waals surface area (Å²) in [4.78, 5) is 24.4. The Balaban J connectivity index is 1.81. The minimum Gasteiger partial charge on any atom is -0.388 e. The van der Waals surface area contributed by atoms with Crippen LogP contribution in [0, 0.1) is 40.9 Å². The molecule has 4 nitrogen and oxygen atoms in total. The van der Waals surface area contributed by atoms with Gasteiger partial charge in [0.05, 0.1) is 5.92 Å². The van der Waals surface area contributed by atoms with Crippen molar-refractivity contribution in [3.05, 3.63) is 35.5 Å². The molecule has 0 radical (unpaired) electrons. The van der Waals surface area contributed by atoms with Gasteiger partial charge in [0.25, 0.3) is 0 Å². The number of aliphatic hydroxyl groups is 2. The third kappa shape index (κ3) is 2.13. The number of rotatable bonds is 2. The minimum absolute atomic E-state index is 0.0401. The number of Topliss-reactive ketones (excluding diaryl/α,β-unsaturated/α-hetero) is 1. The highest BCUT2D eigenvalue weighted by Crippen LogP contribution is 2.66. The molecular weight excluding hydrogens is 340 g/mol. The maximum Gasteiger partial charge on any atom is 0.191 e. The van der Waals surface area contributed by atoms with E-state index >= 15 is 0 Å². The molecule has 0 heterocycles. The van der Waals surface area contributed by atoms with Gasteiger partial charge in [0.1, 0.15) is 12.2 Å². The van der Waals surface area contributed by atoms with Crippen LogP contribution >= 0.6 is 0 Å². The molecule has 2 N–H and O–H groups in total. The Morgan fingerprint density at radius 1 is 1.41 bits per heavy atom. The van der Waals surface area contributed by atoms with Crippen LogP contribution in [0.15, 0.2) is 35.5 Å². The zero-order chi connectivity index (χ0) is 19.6. The Hall–Kier alpha value is -1.96. The van der Waals surface area contributed by atoms with Crippen molar-refractivity contribution >= 4 is 11.6 Å². The van der Waals surface area contributed by atoms with Gasteiger partial charge in [0.2, 0.25) is 0 Å². The first-order valence-electron chi connectivity index (χ1n) is 9.70. The first-order valence-corrected chi connectivity index (χ1v) is 9.70. The zero-order valence-electron chi connectivity index (χ0n) is 15.9. The lowest BCUT2D eigenvalue weighted by Gasteiger charge is -2.53. The molecule has 2 saturated carbocycles. The highest BCUT2D eigenvalue weighted by atomic mass is 16.3. The van der Waals surface area contributed by atoms with Crippen LogP contribution in [0.1, 0.15) is 39.5 Å². The average Bonchev–Trinajstić information content (AvgIpc) is 2.90. The monoisotopic (exact) mass is 366 g/mol. The molecule has 4 aliphatic carbocycles. The molecule has 0 spiro atoms. The van der Waals surface area contributed by atoms with Crippen molar-refractivity contribution in [2.75, 3.05) is 6.61 Å². The van der Waals surface area contributed by atoms with Gasteiger partial charge in [-0.05, 0) is 56.6 Å². The third-order valence-electron chi connectivity index (χ3n) is 7.97. The van der Waals surface area contributed by atoms with Crippen LogP contribution in [0.2, 0.25) is 0 Å². The highest BCUT2D eigenvalue weighted by Gasteiger charge is 2.68. The summed E-state index contributed by atoms with van der Waals surface area (Å²) in [6, 6.07) is 0. The molecular formula is C23H26O4. The molecule has 0 aromatic carbocycles. The summed E-state index contributed by atoms with van der Waals surface area (Å²) < 4.78 is 0. The normalized spacial score (nSPS) is 45.1. The number of hydrogen-bond donors (Lipinski definition) is 2. The number of allylic oxidation sites excluding steroid dienone is 6. The molecule has 27 heavy (non-hydrogen) atoms. The summed E-state index contributed by atoms with van der Waals surface area (Å²) >= 11 is 0. The number of hydrogen-bond acceptors (Lipinski definition) is 4. The Labute approximate surface area is 160 Å². The van der Waals surface area contributed by atoms with Gasteiger partial charge in [0.15, 0.2) is 11.6 Å². The van der Waals surface area contributed by atoms with Crippen LogP contribution in [0.3, 0.4) is 0 Å². The van der Waals surface area contributed by atoms with Crippen molar-refractivity contribution in [3.8, 4) is 12.3 Å². The lowest BCUT2D eigenvalue weighted by Crippen LogP contribution is -2.57. The zero-order valence-corrected chi connectivity index (χ0v) is 15.9. The van der Waals surface area contributed by atoms with Crippen LogP contribution in [0.5, 0.6) is 0 Å². The van der Waals surface area contributed by atoms with Gasteiger partial charge in [-0.2, -0.15) is 0 Å². The lowest BCUT2D eigenvalue weighted by atomic mass is 9.51. The van der Waals surface area contributed by atoms with E-state index in [4.69, 9.17) is 6.42 Å². The summed E-state index contributed by atoms with van der Waals surface area (Å²) in [7, 11) is 0. The van der Waals surface area contributed by atoms with Crippen molar-refractivity contribution in [1.82, 2.24) is 0 Å². The quantitative estimate of drug-likeness (QED) is 0.581. The Bertz CT molecular complexity index is 856. The standard InChI is InChI=1S/C23H26O4/c1-4-14-12-19-17-6-5-15-11-16(25)7-9-21(15,2)18(17)8-10-22(19,3)23(14,27)20(26)13-24/h1,7-9,11,14,17,19,24,27H,5-6,10,12-13H2,2-3H3/t14-,17-,19?,21+,22+,23+/m1/s1. The molecule has 0 amide bonds. The number of terminal acetylenes is 1. The Morgan fingerprint density at radius 2 is 2.15 bits per heavy atom. The lowest BCUT2D eigenvalue weighted by molar-refractivity contribution is -0.159. The first kappa shape index (κ1) is 18.4. The molecule has 0 aliphatic heterocycles. The van der Waals surface area contributed by atoms with Gasteiger partial charge in [-0.3, -0.25) is 9.59 Å². The van der Waals surface area contributed by atoms with E-state index in [2.05, 4.69) is 18.9 Å².